The van der Waals surface area contributed by atoms with Gasteiger partial charge in [0.05, 0.1) is 6.54 Å². The summed E-state index contributed by atoms with van der Waals surface area (Å²) >= 11 is 0. The number of halogens is 2. The summed E-state index contributed by atoms with van der Waals surface area (Å²) < 4.78 is 28.5. The summed E-state index contributed by atoms with van der Waals surface area (Å²) in [5.74, 6) is -0.334. The van der Waals surface area contributed by atoms with Gasteiger partial charge in [0.1, 0.15) is 11.6 Å². The number of hydrogen-bond donors (Lipinski definition) is 1. The lowest BCUT2D eigenvalue weighted by Gasteiger charge is -2.22. The molecule has 24 heavy (non-hydrogen) atoms. The van der Waals surface area contributed by atoms with Crippen molar-refractivity contribution in [1.82, 2.24) is 14.8 Å². The summed E-state index contributed by atoms with van der Waals surface area (Å²) in [6.45, 7) is 3.95. The largest absolute Gasteiger partial charge is 0.357 e. The van der Waals surface area contributed by atoms with E-state index in [2.05, 4.69) is 20.9 Å². The third-order valence-corrected chi connectivity index (χ3v) is 3.73. The zero-order valence-electron chi connectivity index (χ0n) is 14.4. The molecule has 0 radical (unpaired) electrons. The minimum Gasteiger partial charge on any atom is -0.357 e. The van der Waals surface area contributed by atoms with Gasteiger partial charge in [0, 0.05) is 45.1 Å². The number of aryl methyl sites for hydroxylation is 1. The van der Waals surface area contributed by atoms with Crippen LogP contribution in [0.2, 0.25) is 0 Å². The van der Waals surface area contributed by atoms with E-state index in [0.29, 0.717) is 18.5 Å². The van der Waals surface area contributed by atoms with Gasteiger partial charge >= 0.3 is 0 Å². The molecule has 1 aromatic carbocycles. The Kier molecular flexibility index (Phi) is 6.35. The highest BCUT2D eigenvalue weighted by atomic mass is 19.1. The van der Waals surface area contributed by atoms with E-state index < -0.39 is 11.6 Å². The van der Waals surface area contributed by atoms with E-state index >= 15 is 0 Å². The van der Waals surface area contributed by atoms with E-state index in [1.807, 2.05) is 38.2 Å². The molecular weight excluding hydrogens is 310 g/mol. The van der Waals surface area contributed by atoms with Gasteiger partial charge < -0.3 is 14.8 Å². The quantitative estimate of drug-likeness (QED) is 0.651. The maximum atomic E-state index is 13.2. The number of aromatic nitrogens is 1. The molecule has 0 atom stereocenters. The molecule has 0 fully saturated rings. The van der Waals surface area contributed by atoms with Crippen molar-refractivity contribution < 1.29 is 8.78 Å². The van der Waals surface area contributed by atoms with Crippen LogP contribution in [0.3, 0.4) is 0 Å². The smallest absolute Gasteiger partial charge is 0.194 e. The second-order valence-electron chi connectivity index (χ2n) is 5.73. The van der Waals surface area contributed by atoms with Crippen molar-refractivity contribution in [3.8, 4) is 0 Å². The third-order valence-electron chi connectivity index (χ3n) is 3.73. The predicted molar refractivity (Wildman–Crippen MR) is 92.9 cm³/mol. The molecule has 2 rings (SSSR count). The summed E-state index contributed by atoms with van der Waals surface area (Å²) in [6.07, 6.45) is 2.49. The standard InChI is InChI=1S/C18H24F2N4/c1-4-21-18(24(3)13-17-6-5-9-23(17)2)22-8-7-14-10-15(19)12-16(20)11-14/h5-6,9-12H,4,7-8,13H2,1-3H3,(H,21,22). The van der Waals surface area contributed by atoms with Gasteiger partial charge in [-0.2, -0.15) is 0 Å². The Morgan fingerprint density at radius 1 is 1.25 bits per heavy atom. The van der Waals surface area contributed by atoms with Gasteiger partial charge in [-0.05, 0) is 43.2 Å². The van der Waals surface area contributed by atoms with Crippen LogP contribution in [0.1, 0.15) is 18.2 Å². The van der Waals surface area contributed by atoms with E-state index in [1.54, 1.807) is 0 Å². The molecule has 0 saturated carbocycles. The molecule has 0 bridgehead atoms. The molecular formula is C18H24F2N4. The van der Waals surface area contributed by atoms with E-state index in [4.69, 9.17) is 0 Å². The highest BCUT2D eigenvalue weighted by Crippen LogP contribution is 2.09. The molecule has 1 heterocycles. The fourth-order valence-electron chi connectivity index (χ4n) is 2.49. The van der Waals surface area contributed by atoms with Crippen molar-refractivity contribution in [1.29, 1.82) is 0 Å². The van der Waals surface area contributed by atoms with Crippen LogP contribution in [-0.2, 0) is 20.0 Å². The zero-order valence-corrected chi connectivity index (χ0v) is 14.4. The second kappa shape index (κ2) is 8.47. The Bertz CT molecular complexity index is 674. The van der Waals surface area contributed by atoms with Crippen molar-refractivity contribution in [3.05, 3.63) is 59.4 Å². The van der Waals surface area contributed by atoms with Crippen LogP contribution in [0.5, 0.6) is 0 Å². The van der Waals surface area contributed by atoms with Gasteiger partial charge in [-0.3, -0.25) is 4.99 Å². The van der Waals surface area contributed by atoms with Crippen LogP contribution >= 0.6 is 0 Å². The number of benzene rings is 1. The van der Waals surface area contributed by atoms with Crippen LogP contribution < -0.4 is 5.32 Å². The molecule has 0 aliphatic carbocycles. The monoisotopic (exact) mass is 334 g/mol. The molecule has 4 nitrogen and oxygen atoms in total. The fraction of sp³-hybridized carbons (Fsp3) is 0.389. The summed E-state index contributed by atoms with van der Waals surface area (Å²) in [5, 5.41) is 3.24. The molecule has 130 valence electrons. The highest BCUT2D eigenvalue weighted by molar-refractivity contribution is 5.79. The Hall–Kier alpha value is -2.37. The number of rotatable bonds is 6. The summed E-state index contributed by atoms with van der Waals surface area (Å²) in [4.78, 5) is 6.59. The number of hydrogen-bond acceptors (Lipinski definition) is 1. The second-order valence-corrected chi connectivity index (χ2v) is 5.73. The van der Waals surface area contributed by atoms with Crippen LogP contribution in [0.15, 0.2) is 41.5 Å². The Morgan fingerprint density at radius 3 is 2.54 bits per heavy atom. The van der Waals surface area contributed by atoms with Crippen molar-refractivity contribution in [2.45, 2.75) is 19.9 Å². The van der Waals surface area contributed by atoms with Gasteiger partial charge in [-0.1, -0.05) is 0 Å². The van der Waals surface area contributed by atoms with Crippen LogP contribution in [0.4, 0.5) is 8.78 Å². The highest BCUT2D eigenvalue weighted by Gasteiger charge is 2.08. The van der Waals surface area contributed by atoms with Gasteiger partial charge in [-0.25, -0.2) is 8.78 Å². The Morgan fingerprint density at radius 2 is 1.96 bits per heavy atom. The molecule has 0 aliphatic rings. The summed E-state index contributed by atoms with van der Waals surface area (Å²) in [5.41, 5.74) is 1.78. The van der Waals surface area contributed by atoms with Gasteiger partial charge in [0.25, 0.3) is 0 Å². The van der Waals surface area contributed by atoms with Crippen molar-refractivity contribution in [2.75, 3.05) is 20.1 Å². The van der Waals surface area contributed by atoms with Gasteiger partial charge in [0.2, 0.25) is 0 Å². The molecule has 2 aromatic rings. The first-order chi connectivity index (χ1) is 11.5. The SMILES string of the molecule is CCNC(=NCCc1cc(F)cc(F)c1)N(C)Cc1cccn1C. The molecule has 0 aliphatic heterocycles. The van der Waals surface area contributed by atoms with Gasteiger partial charge in [-0.15, -0.1) is 0 Å². The number of guanidine groups is 1. The Labute approximate surface area is 141 Å². The first kappa shape index (κ1) is 18.0. The number of aliphatic imine (C=N–C) groups is 1. The topological polar surface area (TPSA) is 32.6 Å². The molecule has 6 heteroatoms. The average Bonchev–Trinajstić information content (AvgIpc) is 2.90. The van der Waals surface area contributed by atoms with Crippen molar-refractivity contribution in [3.63, 3.8) is 0 Å². The number of nitrogens with one attached hydrogen (secondary N) is 1. The van der Waals surface area contributed by atoms with Crippen LogP contribution in [-0.4, -0.2) is 35.6 Å². The van der Waals surface area contributed by atoms with Crippen LogP contribution in [0, 0.1) is 11.6 Å². The van der Waals surface area contributed by atoms with Gasteiger partial charge in [0.15, 0.2) is 5.96 Å². The zero-order chi connectivity index (χ0) is 17.5. The minimum absolute atomic E-state index is 0.461. The Balaban J connectivity index is 2.00. The average molecular weight is 334 g/mol. The van der Waals surface area contributed by atoms with E-state index in [9.17, 15) is 8.78 Å². The third kappa shape index (κ3) is 5.08. The maximum absolute atomic E-state index is 13.2. The molecule has 0 amide bonds. The molecule has 0 saturated heterocycles. The lowest BCUT2D eigenvalue weighted by molar-refractivity contribution is 0.462. The molecule has 1 N–H and O–H groups in total. The lowest BCUT2D eigenvalue weighted by atomic mass is 10.1. The summed E-state index contributed by atoms with van der Waals surface area (Å²) in [7, 11) is 3.97. The molecule has 0 spiro atoms. The van der Waals surface area contributed by atoms with E-state index in [-0.39, 0.29) is 0 Å². The fourth-order valence-corrected chi connectivity index (χ4v) is 2.49. The van der Waals surface area contributed by atoms with Crippen molar-refractivity contribution in [2.24, 2.45) is 12.0 Å². The normalized spacial score (nSPS) is 11.6. The first-order valence-corrected chi connectivity index (χ1v) is 8.04. The van der Waals surface area contributed by atoms with Crippen molar-refractivity contribution >= 4 is 5.96 Å². The van der Waals surface area contributed by atoms with E-state index in [0.717, 1.165) is 25.1 Å². The van der Waals surface area contributed by atoms with E-state index in [1.165, 1.54) is 17.8 Å². The first-order valence-electron chi connectivity index (χ1n) is 8.04. The van der Waals surface area contributed by atoms with Crippen LogP contribution in [0.25, 0.3) is 0 Å². The minimum atomic E-state index is -0.554. The summed E-state index contributed by atoms with van der Waals surface area (Å²) in [6, 6.07) is 7.64. The number of nitrogens with zero attached hydrogens (tertiary/aromatic N) is 3. The maximum Gasteiger partial charge on any atom is 0.194 e. The lowest BCUT2D eigenvalue weighted by Crippen LogP contribution is -2.39. The predicted octanol–water partition coefficient (Wildman–Crippen LogP) is 2.94. The molecule has 1 aromatic heterocycles. The molecule has 0 unspecified atom stereocenters.